The van der Waals surface area contributed by atoms with E-state index in [0.717, 1.165) is 101 Å². The van der Waals surface area contributed by atoms with Crippen LogP contribution in [0.1, 0.15) is 87.2 Å². The molecule has 13 aromatic rings. The van der Waals surface area contributed by atoms with Crippen molar-refractivity contribution >= 4 is 107 Å². The van der Waals surface area contributed by atoms with Gasteiger partial charge in [-0.1, -0.05) is 172 Å². The molecule has 2 aliphatic rings. The summed E-state index contributed by atoms with van der Waals surface area (Å²) in [6.45, 7) is 0. The molecule has 0 radical (unpaired) electrons. The van der Waals surface area contributed by atoms with E-state index >= 15 is 8.78 Å². The average molecular weight is 973 g/mol. The summed E-state index contributed by atoms with van der Waals surface area (Å²) in [5, 5.41) is 9.57. The summed E-state index contributed by atoms with van der Waals surface area (Å²) in [6.07, 6.45) is 10.7. The summed E-state index contributed by atoms with van der Waals surface area (Å²) in [6, 6.07) is 59.4. The lowest BCUT2D eigenvalue weighted by molar-refractivity contribution is 0.435. The van der Waals surface area contributed by atoms with Crippen molar-refractivity contribution < 1.29 is 8.78 Å². The minimum absolute atomic E-state index is 0.106. The molecule has 0 N–H and O–H groups in total. The Morgan fingerprint density at radius 2 is 0.722 bits per heavy atom. The molecule has 0 bridgehead atoms. The fourth-order valence-corrected chi connectivity index (χ4v) is 16.1. The van der Waals surface area contributed by atoms with Crippen LogP contribution < -0.4 is 0 Å². The lowest BCUT2D eigenvalue weighted by Crippen LogP contribution is -2.20. The van der Waals surface area contributed by atoms with Crippen molar-refractivity contribution in [2.24, 2.45) is 0 Å². The van der Waals surface area contributed by atoms with Crippen LogP contribution in [0.5, 0.6) is 0 Å². The minimum atomic E-state index is -0.270. The van der Waals surface area contributed by atoms with Gasteiger partial charge in [0.25, 0.3) is 0 Å². The molecule has 0 spiro atoms. The fourth-order valence-electron chi connectivity index (χ4n) is 13.6. The van der Waals surface area contributed by atoms with Crippen LogP contribution in [0.2, 0.25) is 0 Å². The first-order chi connectivity index (χ1) is 35.6. The molecule has 2 saturated carbocycles. The molecule has 72 heavy (non-hydrogen) atoms. The molecule has 15 rings (SSSR count). The number of rotatable bonds is 6. The average Bonchev–Trinajstić information content (AvgIpc) is 4.19. The second kappa shape index (κ2) is 16.7. The first-order valence-corrected chi connectivity index (χ1v) is 27.7. The van der Waals surface area contributed by atoms with E-state index < -0.39 is 0 Å². The molecule has 350 valence electrons. The molecule has 0 unspecified atom stereocenters. The van der Waals surface area contributed by atoms with Gasteiger partial charge in [-0.05, 0) is 85.0 Å². The Kier molecular flexibility index (Phi) is 9.89. The SMILES string of the molecule is Fc1ccccc1-c1c(C2CCCCC2)c(-n2c3ccccc3c3ccc4c5ccccc5sc4c32)c(C2CCCCC2)c(-c2ccccc2F)c1-n1c2ccccc2c2ccc3c4ccccc4sc3c21. The van der Waals surface area contributed by atoms with E-state index in [-0.39, 0.29) is 23.5 Å². The third-order valence-corrected chi connectivity index (χ3v) is 19.0. The van der Waals surface area contributed by atoms with Gasteiger partial charge in [-0.3, -0.25) is 0 Å². The molecular weight excluding hydrogens is 923 g/mol. The molecule has 4 aromatic heterocycles. The number of halogens is 2. The molecule has 4 heterocycles. The van der Waals surface area contributed by atoms with E-state index in [2.05, 4.69) is 130 Å². The van der Waals surface area contributed by atoms with E-state index in [1.54, 1.807) is 12.1 Å². The summed E-state index contributed by atoms with van der Waals surface area (Å²) >= 11 is 3.69. The molecule has 0 aliphatic heterocycles. The van der Waals surface area contributed by atoms with Gasteiger partial charge in [-0.25, -0.2) is 8.78 Å². The van der Waals surface area contributed by atoms with E-state index in [4.69, 9.17) is 0 Å². The lowest BCUT2D eigenvalue weighted by atomic mass is 9.72. The highest BCUT2D eigenvalue weighted by Gasteiger charge is 2.38. The zero-order valence-electron chi connectivity index (χ0n) is 39.9. The van der Waals surface area contributed by atoms with Crippen LogP contribution >= 0.6 is 22.7 Å². The van der Waals surface area contributed by atoms with Crippen molar-refractivity contribution in [3.05, 3.63) is 193 Å². The van der Waals surface area contributed by atoms with Crippen molar-refractivity contribution in [3.63, 3.8) is 0 Å². The highest BCUT2D eigenvalue weighted by Crippen LogP contribution is 2.58. The highest BCUT2D eigenvalue weighted by atomic mass is 32.1. The van der Waals surface area contributed by atoms with Gasteiger partial charge in [0.1, 0.15) is 11.6 Å². The number of thiophene rings is 2. The Morgan fingerprint density at radius 3 is 1.18 bits per heavy atom. The van der Waals surface area contributed by atoms with Crippen molar-refractivity contribution in [1.82, 2.24) is 9.13 Å². The van der Waals surface area contributed by atoms with Crippen molar-refractivity contribution in [1.29, 1.82) is 0 Å². The number of fused-ring (bicyclic) bond motifs is 14. The van der Waals surface area contributed by atoms with Crippen LogP contribution in [-0.4, -0.2) is 9.13 Å². The molecule has 2 nitrogen and oxygen atoms in total. The molecule has 0 amide bonds. The monoisotopic (exact) mass is 972 g/mol. The summed E-state index contributed by atoms with van der Waals surface area (Å²) in [5.41, 5.74) is 11.7. The van der Waals surface area contributed by atoms with E-state index in [1.807, 2.05) is 59.1 Å². The fraction of sp³-hybridized carbons (Fsp3) is 0.182. The van der Waals surface area contributed by atoms with Gasteiger partial charge in [-0.15, -0.1) is 22.7 Å². The Balaban J connectivity index is 1.26. The first-order valence-electron chi connectivity index (χ1n) is 26.0. The summed E-state index contributed by atoms with van der Waals surface area (Å²) in [5.74, 6) is -0.328. The van der Waals surface area contributed by atoms with E-state index in [0.29, 0.717) is 11.1 Å². The van der Waals surface area contributed by atoms with Crippen molar-refractivity contribution in [3.8, 4) is 33.6 Å². The third kappa shape index (κ3) is 6.21. The van der Waals surface area contributed by atoms with Crippen molar-refractivity contribution in [2.45, 2.75) is 76.0 Å². The third-order valence-electron chi connectivity index (χ3n) is 16.6. The number of para-hydroxylation sites is 2. The Morgan fingerprint density at radius 1 is 0.347 bits per heavy atom. The summed E-state index contributed by atoms with van der Waals surface area (Å²) in [4.78, 5) is 0. The smallest absolute Gasteiger partial charge is 0.131 e. The second-order valence-electron chi connectivity index (χ2n) is 20.5. The Hall–Kier alpha value is -7.12. The van der Waals surface area contributed by atoms with Gasteiger partial charge in [0.2, 0.25) is 0 Å². The predicted octanol–water partition coefficient (Wildman–Crippen LogP) is 20.3. The molecule has 2 aliphatic carbocycles. The number of aromatic nitrogens is 2. The topological polar surface area (TPSA) is 9.86 Å². The van der Waals surface area contributed by atoms with Crippen LogP contribution in [0.15, 0.2) is 170 Å². The van der Waals surface area contributed by atoms with E-state index in [9.17, 15) is 0 Å². The first kappa shape index (κ1) is 42.6. The highest BCUT2D eigenvalue weighted by molar-refractivity contribution is 7.27. The van der Waals surface area contributed by atoms with Crippen molar-refractivity contribution in [2.75, 3.05) is 0 Å². The summed E-state index contributed by atoms with van der Waals surface area (Å²) in [7, 11) is 0. The standard InChI is InChI=1S/C66H50F2N2S2/c67-51-29-13-7-27-49(51)59-57(39-19-3-1-4-20-39)63(69-53-31-15-9-23-41(53)45-35-37-47-43-25-11-17-33-55(43)71-65(47)61(45)69)58(40-21-5-2-6-22-40)60(50-28-8-14-30-52(50)68)64(59)70-54-32-16-10-24-42(54)46-36-38-48-44-26-12-18-34-56(44)72-66(48)62(46)70/h7-18,23-40H,1-6,19-22H2. The second-order valence-corrected chi connectivity index (χ2v) is 22.6. The molecule has 0 saturated heterocycles. The predicted molar refractivity (Wildman–Crippen MR) is 303 cm³/mol. The molecule has 6 heteroatoms. The van der Waals surface area contributed by atoms with Crippen LogP contribution in [-0.2, 0) is 0 Å². The Bertz CT molecular complexity index is 4250. The number of nitrogens with zero attached hydrogens (tertiary/aromatic N) is 2. The van der Waals surface area contributed by atoms with Gasteiger partial charge in [0.15, 0.2) is 0 Å². The summed E-state index contributed by atoms with van der Waals surface area (Å²) < 4.78 is 45.9. The minimum Gasteiger partial charge on any atom is -0.307 e. The van der Waals surface area contributed by atoms with Gasteiger partial charge in [0.05, 0.1) is 42.8 Å². The molecule has 0 atom stereocenters. The number of benzene rings is 9. The Labute approximate surface area is 424 Å². The van der Waals surface area contributed by atoms with Crippen LogP contribution in [0.3, 0.4) is 0 Å². The van der Waals surface area contributed by atoms with Crippen LogP contribution in [0.4, 0.5) is 8.78 Å². The molecule has 9 aromatic carbocycles. The normalized spacial score (nSPS) is 15.2. The number of hydrogen-bond acceptors (Lipinski definition) is 2. The molecule has 2 fully saturated rings. The zero-order valence-corrected chi connectivity index (χ0v) is 41.5. The number of hydrogen-bond donors (Lipinski definition) is 0. The quantitative estimate of drug-likeness (QED) is 0.157. The van der Waals surface area contributed by atoms with Crippen LogP contribution in [0, 0.1) is 11.6 Å². The van der Waals surface area contributed by atoms with E-state index in [1.165, 1.54) is 80.6 Å². The maximum absolute atomic E-state index is 18.0. The van der Waals surface area contributed by atoms with Gasteiger partial charge in [0, 0.05) is 74.7 Å². The zero-order chi connectivity index (χ0) is 47.6. The lowest BCUT2D eigenvalue weighted by Gasteiger charge is -2.37. The van der Waals surface area contributed by atoms with Gasteiger partial charge in [-0.2, -0.15) is 0 Å². The largest absolute Gasteiger partial charge is 0.307 e. The van der Waals surface area contributed by atoms with Crippen LogP contribution in [0.25, 0.3) is 118 Å². The maximum atomic E-state index is 18.0. The van der Waals surface area contributed by atoms with Gasteiger partial charge >= 0.3 is 0 Å². The maximum Gasteiger partial charge on any atom is 0.131 e. The molecular formula is C66H50F2N2S2. The van der Waals surface area contributed by atoms with Gasteiger partial charge < -0.3 is 9.13 Å².